The highest BCUT2D eigenvalue weighted by Crippen LogP contribution is 2.45. The Morgan fingerprint density at radius 2 is 0.489 bits per heavy atom. The van der Waals surface area contributed by atoms with Gasteiger partial charge in [-0.1, -0.05) is 267 Å². The van der Waals surface area contributed by atoms with E-state index >= 15 is 0 Å². The number of nitrogens with zero attached hydrogens (tertiary/aromatic N) is 4. The molecular formula is C90H62N4. The number of hydrogen-bond donors (Lipinski definition) is 0. The van der Waals surface area contributed by atoms with E-state index in [9.17, 15) is 0 Å². The maximum absolute atomic E-state index is 2.40. The number of hydrogen-bond acceptors (Lipinski definition) is 2. The van der Waals surface area contributed by atoms with E-state index in [1.54, 1.807) is 0 Å². The van der Waals surface area contributed by atoms with E-state index in [0.29, 0.717) is 0 Å². The van der Waals surface area contributed by atoms with E-state index in [0.717, 1.165) is 39.8 Å². The monoisotopic (exact) mass is 1200 g/mol. The molecule has 0 spiro atoms. The van der Waals surface area contributed by atoms with Crippen molar-refractivity contribution in [2.45, 2.75) is 0 Å². The van der Waals surface area contributed by atoms with Gasteiger partial charge in [0.1, 0.15) is 0 Å². The van der Waals surface area contributed by atoms with Crippen molar-refractivity contribution < 1.29 is 0 Å². The highest BCUT2D eigenvalue weighted by molar-refractivity contribution is 6.15. The summed E-state index contributed by atoms with van der Waals surface area (Å²) in [5.41, 5.74) is 21.1. The van der Waals surface area contributed by atoms with Gasteiger partial charge in [-0.3, -0.25) is 0 Å². The topological polar surface area (TPSA) is 16.3 Å². The third kappa shape index (κ3) is 10.1. The molecule has 2 heterocycles. The largest absolute Gasteiger partial charge is 0.310 e. The first-order valence-corrected chi connectivity index (χ1v) is 32.2. The van der Waals surface area contributed by atoms with Crippen molar-refractivity contribution in [3.05, 3.63) is 376 Å². The highest BCUT2D eigenvalue weighted by Gasteiger charge is 2.21. The minimum atomic E-state index is 1.11. The zero-order chi connectivity index (χ0) is 62.3. The molecule has 0 bridgehead atoms. The summed E-state index contributed by atoms with van der Waals surface area (Å²) in [6.45, 7) is 0. The first kappa shape index (κ1) is 55.6. The van der Waals surface area contributed by atoms with Crippen LogP contribution in [0.25, 0.3) is 121 Å². The summed E-state index contributed by atoms with van der Waals surface area (Å²) in [6.07, 6.45) is 0. The van der Waals surface area contributed by atoms with Gasteiger partial charge in [0.25, 0.3) is 0 Å². The van der Waals surface area contributed by atoms with Crippen molar-refractivity contribution in [1.29, 1.82) is 0 Å². The molecular weight excluding hydrogens is 1140 g/mol. The van der Waals surface area contributed by atoms with Crippen molar-refractivity contribution in [2.75, 3.05) is 9.80 Å². The Bertz CT molecular complexity index is 5680. The predicted octanol–water partition coefficient (Wildman–Crippen LogP) is 25.0. The fourth-order valence-electron chi connectivity index (χ4n) is 14.1. The van der Waals surface area contributed by atoms with Crippen LogP contribution in [0.2, 0.25) is 0 Å². The second kappa shape index (κ2) is 24.0. The lowest BCUT2D eigenvalue weighted by Gasteiger charge is -2.28. The molecule has 2 aromatic heterocycles. The summed E-state index contributed by atoms with van der Waals surface area (Å²) in [5, 5.41) is 12.5. The summed E-state index contributed by atoms with van der Waals surface area (Å²) in [5.74, 6) is 0. The van der Waals surface area contributed by atoms with Crippen LogP contribution in [-0.2, 0) is 0 Å². The van der Waals surface area contributed by atoms with Gasteiger partial charge < -0.3 is 18.9 Å². The van der Waals surface area contributed by atoms with E-state index in [2.05, 4.69) is 395 Å². The Morgan fingerprint density at radius 1 is 0.170 bits per heavy atom. The maximum atomic E-state index is 2.40. The number of benzene rings is 16. The fourth-order valence-corrected chi connectivity index (χ4v) is 14.1. The second-order valence-electron chi connectivity index (χ2n) is 24.0. The van der Waals surface area contributed by atoms with Gasteiger partial charge in [-0.2, -0.15) is 0 Å². The molecule has 4 nitrogen and oxygen atoms in total. The molecule has 18 rings (SSSR count). The molecule has 0 aliphatic rings. The van der Waals surface area contributed by atoms with Crippen LogP contribution in [-0.4, -0.2) is 9.13 Å². The quantitative estimate of drug-likeness (QED) is 0.120. The Morgan fingerprint density at radius 3 is 0.979 bits per heavy atom. The summed E-state index contributed by atoms with van der Waals surface area (Å²) in [6, 6.07) is 136. The molecule has 94 heavy (non-hydrogen) atoms. The van der Waals surface area contributed by atoms with Gasteiger partial charge in [0, 0.05) is 66.4 Å². The third-order valence-corrected chi connectivity index (χ3v) is 18.5. The molecule has 16 aromatic carbocycles. The lowest BCUT2D eigenvalue weighted by atomic mass is 9.98. The van der Waals surface area contributed by atoms with Gasteiger partial charge in [-0.05, 0) is 164 Å². The number of rotatable bonds is 11. The van der Waals surface area contributed by atoms with Crippen LogP contribution in [0.3, 0.4) is 0 Å². The van der Waals surface area contributed by atoms with Crippen LogP contribution in [0.15, 0.2) is 376 Å². The molecule has 0 saturated carbocycles. The van der Waals surface area contributed by atoms with E-state index in [1.807, 2.05) is 0 Å². The normalized spacial score (nSPS) is 11.4. The number of para-hydroxylation sites is 5. The second-order valence-corrected chi connectivity index (χ2v) is 24.0. The average molecular weight is 1200 g/mol. The Hall–Kier alpha value is -12.5. The fraction of sp³-hybridized carbons (Fsp3) is 0. The molecule has 0 aliphatic carbocycles. The minimum absolute atomic E-state index is 1.11. The standard InChI is InChI=1S/C50H34N2.C40H28N2/c1-2-13-35(14-3-1)36-25-29-40(30-26-36)51(50-34-39-15-4-5-18-43(39)44-19-6-7-20-45(44)50)41-31-27-37(28-32-41)38-16-12-17-42(33-38)52-48-23-10-8-21-46(48)47-22-9-11-24-49(47)52;1-2-15-32(16-3-1)41(38-23-11-13-30-12-4-5-18-35(30)38)33-26-24-29(25-27-33)31-14-10-17-34(28-31)42-39-21-8-6-19-36(39)37-20-7-9-22-40(37)42/h1-34H;1-28H. The van der Waals surface area contributed by atoms with Gasteiger partial charge in [0.15, 0.2) is 0 Å². The lowest BCUT2D eigenvalue weighted by molar-refractivity contribution is 1.18. The summed E-state index contributed by atoms with van der Waals surface area (Å²) in [4.78, 5) is 4.75. The molecule has 18 aromatic rings. The Kier molecular flexibility index (Phi) is 14.2. The Labute approximate surface area is 546 Å². The molecule has 0 N–H and O–H groups in total. The first-order chi connectivity index (χ1) is 46.6. The van der Waals surface area contributed by atoms with Gasteiger partial charge in [0.2, 0.25) is 0 Å². The van der Waals surface area contributed by atoms with Crippen LogP contribution in [0.1, 0.15) is 0 Å². The number of anilines is 6. The molecule has 4 heteroatoms. The molecule has 442 valence electrons. The van der Waals surface area contributed by atoms with Gasteiger partial charge in [0.05, 0.1) is 33.4 Å². The summed E-state index contributed by atoms with van der Waals surface area (Å²) >= 11 is 0. The van der Waals surface area contributed by atoms with Gasteiger partial charge in [-0.25, -0.2) is 0 Å². The summed E-state index contributed by atoms with van der Waals surface area (Å²) in [7, 11) is 0. The zero-order valence-electron chi connectivity index (χ0n) is 51.6. The number of fused-ring (bicyclic) bond motifs is 10. The lowest BCUT2D eigenvalue weighted by Crippen LogP contribution is -2.10. The van der Waals surface area contributed by atoms with Crippen molar-refractivity contribution in [2.24, 2.45) is 0 Å². The van der Waals surface area contributed by atoms with Crippen LogP contribution in [0, 0.1) is 0 Å². The van der Waals surface area contributed by atoms with Crippen molar-refractivity contribution in [3.8, 4) is 44.8 Å². The SMILES string of the molecule is c1ccc(-c2ccc(N(c3ccc(-c4cccc(-n5c6ccccc6c6ccccc65)c4)cc3)c3cc4ccccc4c4ccccc34)cc2)cc1.c1ccc(N(c2ccc(-c3cccc(-n4c5ccccc5c5ccccc54)c3)cc2)c2cccc3ccccc23)cc1. The third-order valence-electron chi connectivity index (χ3n) is 18.5. The van der Waals surface area contributed by atoms with Crippen molar-refractivity contribution >= 4 is 110 Å². The van der Waals surface area contributed by atoms with Crippen molar-refractivity contribution in [3.63, 3.8) is 0 Å². The van der Waals surface area contributed by atoms with Crippen LogP contribution < -0.4 is 9.80 Å². The summed E-state index contributed by atoms with van der Waals surface area (Å²) < 4.78 is 4.76. The molecule has 0 amide bonds. The molecule has 0 saturated heterocycles. The van der Waals surface area contributed by atoms with E-state index in [1.165, 1.54) is 115 Å². The molecule has 0 fully saturated rings. The molecule has 0 unspecified atom stereocenters. The van der Waals surface area contributed by atoms with Gasteiger partial charge >= 0.3 is 0 Å². The molecule has 0 aliphatic heterocycles. The zero-order valence-corrected chi connectivity index (χ0v) is 51.6. The van der Waals surface area contributed by atoms with Crippen LogP contribution >= 0.6 is 0 Å². The van der Waals surface area contributed by atoms with Gasteiger partial charge in [-0.15, -0.1) is 0 Å². The minimum Gasteiger partial charge on any atom is -0.310 e. The number of aromatic nitrogens is 2. The maximum Gasteiger partial charge on any atom is 0.0546 e. The smallest absolute Gasteiger partial charge is 0.0546 e. The van der Waals surface area contributed by atoms with Crippen LogP contribution in [0.4, 0.5) is 34.1 Å². The molecule has 0 radical (unpaired) electrons. The van der Waals surface area contributed by atoms with Crippen molar-refractivity contribution in [1.82, 2.24) is 9.13 Å². The highest BCUT2D eigenvalue weighted by atomic mass is 15.1. The van der Waals surface area contributed by atoms with Crippen LogP contribution in [0.5, 0.6) is 0 Å². The van der Waals surface area contributed by atoms with E-state index in [-0.39, 0.29) is 0 Å². The average Bonchev–Trinajstić information content (AvgIpc) is 1.42. The van der Waals surface area contributed by atoms with E-state index in [4.69, 9.17) is 0 Å². The van der Waals surface area contributed by atoms with E-state index < -0.39 is 0 Å². The first-order valence-electron chi connectivity index (χ1n) is 32.2. The predicted molar refractivity (Wildman–Crippen MR) is 400 cm³/mol. The molecule has 0 atom stereocenters. The Balaban J connectivity index is 0.000000146.